The highest BCUT2D eigenvalue weighted by atomic mass is 32.1. The first-order valence-electron chi connectivity index (χ1n) is 10.2. The Morgan fingerprint density at radius 2 is 2.00 bits per heavy atom. The van der Waals surface area contributed by atoms with E-state index < -0.39 is 0 Å². The molecule has 1 aromatic carbocycles. The summed E-state index contributed by atoms with van der Waals surface area (Å²) in [5.41, 5.74) is 2.18. The summed E-state index contributed by atoms with van der Waals surface area (Å²) >= 11 is 1.38. The van der Waals surface area contributed by atoms with Gasteiger partial charge in [0.15, 0.2) is 0 Å². The number of hydrogen-bond acceptors (Lipinski definition) is 5. The van der Waals surface area contributed by atoms with Gasteiger partial charge in [-0.3, -0.25) is 9.78 Å². The molecule has 160 valence electrons. The van der Waals surface area contributed by atoms with Crippen LogP contribution in [0, 0.1) is 0 Å². The van der Waals surface area contributed by atoms with Gasteiger partial charge < -0.3 is 20.3 Å². The minimum absolute atomic E-state index is 0.0406. The predicted octanol–water partition coefficient (Wildman–Crippen LogP) is 4.61. The molecular formula is C23H24N4O3S. The highest BCUT2D eigenvalue weighted by molar-refractivity contribution is 7.12. The molecule has 3 heterocycles. The van der Waals surface area contributed by atoms with Gasteiger partial charge in [-0.25, -0.2) is 4.79 Å². The topological polar surface area (TPSA) is 83.6 Å². The van der Waals surface area contributed by atoms with Crippen molar-refractivity contribution in [3.8, 4) is 0 Å². The second-order valence-corrected chi connectivity index (χ2v) is 8.27. The number of nitrogens with one attached hydrogen (secondary N) is 2. The molecule has 8 heteroatoms. The van der Waals surface area contributed by atoms with Crippen LogP contribution in [-0.2, 0) is 11.3 Å². The summed E-state index contributed by atoms with van der Waals surface area (Å²) in [6.45, 7) is 1.68. The number of benzene rings is 1. The maximum Gasteiger partial charge on any atom is 0.322 e. The van der Waals surface area contributed by atoms with Crippen molar-refractivity contribution < 1.29 is 14.3 Å². The summed E-state index contributed by atoms with van der Waals surface area (Å²) in [4.78, 5) is 31.9. The van der Waals surface area contributed by atoms with Crippen molar-refractivity contribution in [2.75, 3.05) is 23.8 Å². The summed E-state index contributed by atoms with van der Waals surface area (Å²) in [5.74, 6) is -0.171. The van der Waals surface area contributed by atoms with Gasteiger partial charge in [-0.15, -0.1) is 11.3 Å². The number of aromatic nitrogens is 1. The van der Waals surface area contributed by atoms with E-state index in [1.807, 2.05) is 23.6 Å². The van der Waals surface area contributed by atoms with Crippen LogP contribution in [0.3, 0.4) is 0 Å². The van der Waals surface area contributed by atoms with E-state index in [4.69, 9.17) is 4.74 Å². The second-order valence-electron chi connectivity index (χ2n) is 7.32. The van der Waals surface area contributed by atoms with Crippen molar-refractivity contribution in [1.82, 2.24) is 9.88 Å². The SMILES string of the molecule is O=C(Nc1cccc(NC(=O)N(Cc2cccnc2)CC2CCCO2)c1)c1cccs1. The number of rotatable bonds is 7. The average molecular weight is 437 g/mol. The molecule has 3 aromatic rings. The lowest BCUT2D eigenvalue weighted by Crippen LogP contribution is -2.39. The van der Waals surface area contributed by atoms with Gasteiger partial charge in [0.25, 0.3) is 5.91 Å². The number of hydrogen-bond donors (Lipinski definition) is 2. The third-order valence-electron chi connectivity index (χ3n) is 4.95. The molecule has 2 N–H and O–H groups in total. The first kappa shape index (κ1) is 21.0. The summed E-state index contributed by atoms with van der Waals surface area (Å²) in [6.07, 6.45) is 5.47. The number of amides is 3. The number of urea groups is 1. The highest BCUT2D eigenvalue weighted by Gasteiger charge is 2.23. The van der Waals surface area contributed by atoms with E-state index in [1.165, 1.54) is 11.3 Å². The van der Waals surface area contributed by atoms with Crippen LogP contribution in [-0.4, -0.2) is 41.1 Å². The van der Waals surface area contributed by atoms with Crippen LogP contribution in [0.25, 0.3) is 0 Å². The molecule has 7 nitrogen and oxygen atoms in total. The van der Waals surface area contributed by atoms with Crippen molar-refractivity contribution in [2.45, 2.75) is 25.5 Å². The maximum atomic E-state index is 13.1. The summed E-state index contributed by atoms with van der Waals surface area (Å²) in [7, 11) is 0. The van der Waals surface area contributed by atoms with Crippen LogP contribution in [0.5, 0.6) is 0 Å². The van der Waals surface area contributed by atoms with Crippen LogP contribution in [0.4, 0.5) is 16.2 Å². The van der Waals surface area contributed by atoms with E-state index >= 15 is 0 Å². The number of carbonyl (C=O) groups is 2. The molecule has 1 unspecified atom stereocenters. The number of pyridine rings is 1. The first-order chi connectivity index (χ1) is 15.2. The van der Waals surface area contributed by atoms with Gasteiger partial charge in [0, 0.05) is 43.5 Å². The average Bonchev–Trinajstić information content (AvgIpc) is 3.49. The minimum Gasteiger partial charge on any atom is -0.376 e. The van der Waals surface area contributed by atoms with E-state index in [0.29, 0.717) is 29.3 Å². The quantitative estimate of drug-likeness (QED) is 0.567. The first-order valence-corrected chi connectivity index (χ1v) is 11.1. The van der Waals surface area contributed by atoms with Gasteiger partial charge in [-0.1, -0.05) is 18.2 Å². The number of ether oxygens (including phenoxy) is 1. The Bertz CT molecular complexity index is 1000. The van der Waals surface area contributed by atoms with Crippen LogP contribution < -0.4 is 10.6 Å². The van der Waals surface area contributed by atoms with E-state index in [1.54, 1.807) is 47.6 Å². The number of anilines is 2. The largest absolute Gasteiger partial charge is 0.376 e. The Labute approximate surface area is 185 Å². The van der Waals surface area contributed by atoms with Crippen molar-refractivity contribution in [1.29, 1.82) is 0 Å². The van der Waals surface area contributed by atoms with E-state index in [0.717, 1.165) is 25.0 Å². The van der Waals surface area contributed by atoms with Gasteiger partial charge in [-0.2, -0.15) is 0 Å². The standard InChI is InChI=1S/C23H24N4O3S/c28-22(21-9-4-12-31-21)25-18-6-1-7-19(13-18)26-23(29)27(16-20-8-3-11-30-20)15-17-5-2-10-24-14-17/h1-2,4-7,9-10,12-14,20H,3,8,11,15-16H2,(H,25,28)(H,26,29). The number of thiophene rings is 1. The molecule has 2 aromatic heterocycles. The third kappa shape index (κ3) is 5.90. The third-order valence-corrected chi connectivity index (χ3v) is 5.82. The molecule has 1 fully saturated rings. The van der Waals surface area contributed by atoms with Gasteiger partial charge in [0.05, 0.1) is 11.0 Å². The monoisotopic (exact) mass is 436 g/mol. The Balaban J connectivity index is 1.43. The number of carbonyl (C=O) groups excluding carboxylic acids is 2. The van der Waals surface area contributed by atoms with E-state index in [9.17, 15) is 9.59 Å². The molecule has 1 saturated heterocycles. The van der Waals surface area contributed by atoms with Crippen LogP contribution in [0.2, 0.25) is 0 Å². The molecule has 0 radical (unpaired) electrons. The lowest BCUT2D eigenvalue weighted by atomic mass is 10.2. The predicted molar refractivity (Wildman–Crippen MR) is 121 cm³/mol. The Hall–Kier alpha value is -3.23. The van der Waals surface area contributed by atoms with Crippen LogP contribution in [0.1, 0.15) is 28.1 Å². The summed E-state index contributed by atoms with van der Waals surface area (Å²) in [5, 5.41) is 7.67. The summed E-state index contributed by atoms with van der Waals surface area (Å²) in [6, 6.07) is 14.3. The molecular weight excluding hydrogens is 412 g/mol. The normalized spacial score (nSPS) is 15.4. The van der Waals surface area contributed by atoms with Crippen LogP contribution in [0.15, 0.2) is 66.3 Å². The lowest BCUT2D eigenvalue weighted by Gasteiger charge is -2.26. The molecule has 1 aliphatic rings. The molecule has 0 bridgehead atoms. The van der Waals surface area contributed by atoms with Crippen molar-refractivity contribution in [3.63, 3.8) is 0 Å². The van der Waals surface area contributed by atoms with Gasteiger partial charge in [0.2, 0.25) is 0 Å². The van der Waals surface area contributed by atoms with Gasteiger partial charge >= 0.3 is 6.03 Å². The fourth-order valence-corrected chi connectivity index (χ4v) is 4.06. The Morgan fingerprint density at radius 3 is 2.71 bits per heavy atom. The lowest BCUT2D eigenvalue weighted by molar-refractivity contribution is 0.0819. The van der Waals surface area contributed by atoms with Gasteiger partial charge in [0.1, 0.15) is 0 Å². The minimum atomic E-state index is -0.221. The highest BCUT2D eigenvalue weighted by Crippen LogP contribution is 2.20. The molecule has 0 aliphatic carbocycles. The fourth-order valence-electron chi connectivity index (χ4n) is 3.44. The van der Waals surface area contributed by atoms with Crippen molar-refractivity contribution in [2.24, 2.45) is 0 Å². The Morgan fingerprint density at radius 1 is 1.13 bits per heavy atom. The van der Waals surface area contributed by atoms with Crippen LogP contribution >= 0.6 is 11.3 Å². The van der Waals surface area contributed by atoms with Crippen molar-refractivity contribution in [3.05, 3.63) is 76.7 Å². The molecule has 3 amide bonds. The van der Waals surface area contributed by atoms with E-state index in [-0.39, 0.29) is 18.0 Å². The maximum absolute atomic E-state index is 13.1. The molecule has 31 heavy (non-hydrogen) atoms. The smallest absolute Gasteiger partial charge is 0.322 e. The summed E-state index contributed by atoms with van der Waals surface area (Å²) < 4.78 is 5.74. The molecule has 0 spiro atoms. The van der Waals surface area contributed by atoms with Crippen molar-refractivity contribution >= 4 is 34.6 Å². The molecule has 1 aliphatic heterocycles. The molecule has 4 rings (SSSR count). The van der Waals surface area contributed by atoms with E-state index in [2.05, 4.69) is 15.6 Å². The zero-order valence-corrected chi connectivity index (χ0v) is 17.8. The second kappa shape index (κ2) is 10.2. The van der Waals surface area contributed by atoms with Gasteiger partial charge in [-0.05, 0) is 54.1 Å². The molecule has 1 atom stereocenters. The molecule has 0 saturated carbocycles. The Kier molecular flexibility index (Phi) is 6.91. The zero-order chi connectivity index (χ0) is 21.5. The zero-order valence-electron chi connectivity index (χ0n) is 17.0. The number of nitrogens with zero attached hydrogens (tertiary/aromatic N) is 2. The fraction of sp³-hybridized carbons (Fsp3) is 0.261.